The van der Waals surface area contributed by atoms with Crippen LogP contribution >= 0.6 is 11.6 Å². The molecule has 2 aromatic carbocycles. The number of fused-ring (bicyclic) bond motifs is 1. The van der Waals surface area contributed by atoms with Crippen molar-refractivity contribution in [2.45, 2.75) is 26.0 Å². The highest BCUT2D eigenvalue weighted by atomic mass is 35.5. The molecule has 25 heavy (non-hydrogen) atoms. The lowest BCUT2D eigenvalue weighted by Crippen LogP contribution is -2.30. The highest BCUT2D eigenvalue weighted by molar-refractivity contribution is 6.31. The van der Waals surface area contributed by atoms with Crippen LogP contribution in [0.3, 0.4) is 0 Å². The zero-order chi connectivity index (χ0) is 17.8. The Morgan fingerprint density at radius 3 is 2.72 bits per heavy atom. The molecule has 5 nitrogen and oxygen atoms in total. The maximum absolute atomic E-state index is 12.4. The summed E-state index contributed by atoms with van der Waals surface area (Å²) in [6.07, 6.45) is 1.56. The van der Waals surface area contributed by atoms with Crippen molar-refractivity contribution in [3.63, 3.8) is 0 Å². The molecule has 3 aromatic rings. The van der Waals surface area contributed by atoms with Crippen molar-refractivity contribution in [2.75, 3.05) is 6.61 Å². The van der Waals surface area contributed by atoms with Gasteiger partial charge in [-0.05, 0) is 42.3 Å². The summed E-state index contributed by atoms with van der Waals surface area (Å²) in [5, 5.41) is 11.2. The Labute approximate surface area is 150 Å². The monoisotopic (exact) mass is 358 g/mol. The van der Waals surface area contributed by atoms with Gasteiger partial charge in [0.15, 0.2) is 0 Å². The topological polar surface area (TPSA) is 64.3 Å². The molecule has 0 amide bonds. The Hall–Kier alpha value is -2.37. The SMILES string of the molecule is CCc1ccc(OC[C@H](O)Cn2cnc3cc(Cl)ccc3c2=O)cc1. The van der Waals surface area contributed by atoms with E-state index in [1.165, 1.54) is 16.5 Å². The van der Waals surface area contributed by atoms with Crippen LogP contribution in [0.4, 0.5) is 0 Å². The highest BCUT2D eigenvalue weighted by Crippen LogP contribution is 2.15. The zero-order valence-corrected chi connectivity index (χ0v) is 14.6. The maximum Gasteiger partial charge on any atom is 0.261 e. The van der Waals surface area contributed by atoms with Crippen LogP contribution in [0.2, 0.25) is 5.02 Å². The van der Waals surface area contributed by atoms with Crippen molar-refractivity contribution in [1.29, 1.82) is 0 Å². The van der Waals surface area contributed by atoms with Crippen molar-refractivity contribution >= 4 is 22.5 Å². The number of aliphatic hydroxyl groups excluding tert-OH is 1. The Morgan fingerprint density at radius 2 is 2.00 bits per heavy atom. The van der Waals surface area contributed by atoms with E-state index in [0.717, 1.165) is 6.42 Å². The number of benzene rings is 2. The smallest absolute Gasteiger partial charge is 0.261 e. The number of aromatic nitrogens is 2. The minimum absolute atomic E-state index is 0.0938. The van der Waals surface area contributed by atoms with Crippen molar-refractivity contribution in [3.05, 3.63) is 69.7 Å². The van der Waals surface area contributed by atoms with Gasteiger partial charge < -0.3 is 9.84 Å². The lowest BCUT2D eigenvalue weighted by Gasteiger charge is -2.14. The van der Waals surface area contributed by atoms with E-state index >= 15 is 0 Å². The Bertz CT molecular complexity index is 922. The van der Waals surface area contributed by atoms with Crippen LogP contribution < -0.4 is 10.3 Å². The van der Waals surface area contributed by atoms with E-state index in [4.69, 9.17) is 16.3 Å². The number of rotatable bonds is 6. The van der Waals surface area contributed by atoms with Gasteiger partial charge in [0.05, 0.1) is 23.8 Å². The fraction of sp³-hybridized carbons (Fsp3) is 0.263. The first-order valence-electron chi connectivity index (χ1n) is 8.11. The standard InChI is InChI=1S/C19H19ClN2O3/c1-2-13-3-6-16(7-4-13)25-11-15(23)10-22-12-21-18-9-14(20)5-8-17(18)19(22)24/h3-9,12,15,23H,2,10-11H2,1H3/t15-/m1/s1. The van der Waals surface area contributed by atoms with Gasteiger partial charge in [0.1, 0.15) is 18.5 Å². The summed E-state index contributed by atoms with van der Waals surface area (Å²) < 4.78 is 6.96. The lowest BCUT2D eigenvalue weighted by molar-refractivity contribution is 0.0915. The number of halogens is 1. The predicted molar refractivity (Wildman–Crippen MR) is 98.3 cm³/mol. The fourth-order valence-electron chi connectivity index (χ4n) is 2.56. The van der Waals surface area contributed by atoms with Crippen LogP contribution in [0.1, 0.15) is 12.5 Å². The average Bonchev–Trinajstić information content (AvgIpc) is 2.62. The molecule has 0 bridgehead atoms. The van der Waals surface area contributed by atoms with Gasteiger partial charge >= 0.3 is 0 Å². The van der Waals surface area contributed by atoms with Crippen LogP contribution in [0.15, 0.2) is 53.6 Å². The number of hydrogen-bond acceptors (Lipinski definition) is 4. The molecule has 0 aliphatic heterocycles. The van der Waals surface area contributed by atoms with E-state index in [-0.39, 0.29) is 18.7 Å². The van der Waals surface area contributed by atoms with E-state index in [1.807, 2.05) is 24.3 Å². The van der Waals surface area contributed by atoms with Crippen molar-refractivity contribution in [1.82, 2.24) is 9.55 Å². The molecule has 0 aliphatic carbocycles. The molecular weight excluding hydrogens is 340 g/mol. The molecule has 3 rings (SSSR count). The number of nitrogens with zero attached hydrogens (tertiary/aromatic N) is 2. The molecule has 0 aliphatic rings. The van der Waals surface area contributed by atoms with Crippen LogP contribution in [0.5, 0.6) is 5.75 Å². The Morgan fingerprint density at radius 1 is 1.24 bits per heavy atom. The molecule has 1 aromatic heterocycles. The summed E-state index contributed by atoms with van der Waals surface area (Å²) in [6.45, 7) is 2.29. The first kappa shape index (κ1) is 17.5. The van der Waals surface area contributed by atoms with Gasteiger partial charge in [-0.15, -0.1) is 0 Å². The summed E-state index contributed by atoms with van der Waals surface area (Å²) in [4.78, 5) is 16.7. The number of ether oxygens (including phenoxy) is 1. The third-order valence-electron chi connectivity index (χ3n) is 3.97. The van der Waals surface area contributed by atoms with Gasteiger partial charge in [-0.1, -0.05) is 30.7 Å². The summed E-state index contributed by atoms with van der Waals surface area (Å²) in [5.41, 5.74) is 1.55. The zero-order valence-electron chi connectivity index (χ0n) is 13.9. The molecule has 1 N–H and O–H groups in total. The Kier molecular flexibility index (Phi) is 5.36. The second-order valence-corrected chi connectivity index (χ2v) is 6.26. The molecule has 130 valence electrons. The van der Waals surface area contributed by atoms with Crippen molar-refractivity contribution in [3.8, 4) is 5.75 Å². The van der Waals surface area contributed by atoms with Gasteiger partial charge in [-0.25, -0.2) is 4.98 Å². The number of aryl methyl sites for hydroxylation is 1. The van der Waals surface area contributed by atoms with Gasteiger partial charge in [-0.3, -0.25) is 9.36 Å². The molecule has 0 fully saturated rings. The quantitative estimate of drug-likeness (QED) is 0.735. The van der Waals surface area contributed by atoms with E-state index < -0.39 is 6.10 Å². The molecular formula is C19H19ClN2O3. The molecule has 1 heterocycles. The second-order valence-electron chi connectivity index (χ2n) is 5.83. The van der Waals surface area contributed by atoms with E-state index in [9.17, 15) is 9.90 Å². The molecule has 0 unspecified atom stereocenters. The maximum atomic E-state index is 12.4. The Balaban J connectivity index is 1.67. The summed E-state index contributed by atoms with van der Waals surface area (Å²) >= 11 is 5.91. The molecule has 0 spiro atoms. The largest absolute Gasteiger partial charge is 0.491 e. The number of hydrogen-bond donors (Lipinski definition) is 1. The second kappa shape index (κ2) is 7.68. The van der Waals surface area contributed by atoms with Gasteiger partial charge in [0.2, 0.25) is 0 Å². The third kappa shape index (κ3) is 4.18. The minimum Gasteiger partial charge on any atom is -0.491 e. The van der Waals surface area contributed by atoms with Crippen molar-refractivity contribution in [2.24, 2.45) is 0 Å². The van der Waals surface area contributed by atoms with Crippen LogP contribution in [-0.2, 0) is 13.0 Å². The molecule has 0 saturated carbocycles. The average molecular weight is 359 g/mol. The van der Waals surface area contributed by atoms with Gasteiger partial charge in [0.25, 0.3) is 5.56 Å². The summed E-state index contributed by atoms with van der Waals surface area (Å²) in [6, 6.07) is 12.7. The molecule has 0 saturated heterocycles. The molecule has 6 heteroatoms. The van der Waals surface area contributed by atoms with Gasteiger partial charge in [0, 0.05) is 5.02 Å². The molecule has 0 radical (unpaired) electrons. The van der Waals surface area contributed by atoms with Crippen LogP contribution in [-0.4, -0.2) is 27.4 Å². The lowest BCUT2D eigenvalue weighted by atomic mass is 10.2. The first-order valence-corrected chi connectivity index (χ1v) is 8.49. The van der Waals surface area contributed by atoms with Gasteiger partial charge in [-0.2, -0.15) is 0 Å². The normalized spacial score (nSPS) is 12.3. The predicted octanol–water partition coefficient (Wildman–Crippen LogP) is 3.05. The summed E-state index contributed by atoms with van der Waals surface area (Å²) in [7, 11) is 0. The first-order chi connectivity index (χ1) is 12.1. The third-order valence-corrected chi connectivity index (χ3v) is 4.20. The highest BCUT2D eigenvalue weighted by Gasteiger charge is 2.10. The molecule has 1 atom stereocenters. The van der Waals surface area contributed by atoms with E-state index in [0.29, 0.717) is 21.7 Å². The fourth-order valence-corrected chi connectivity index (χ4v) is 2.72. The van der Waals surface area contributed by atoms with E-state index in [2.05, 4.69) is 11.9 Å². The van der Waals surface area contributed by atoms with Crippen LogP contribution in [0, 0.1) is 0 Å². The number of aliphatic hydroxyl groups is 1. The van der Waals surface area contributed by atoms with Crippen LogP contribution in [0.25, 0.3) is 10.9 Å². The minimum atomic E-state index is -0.824. The summed E-state index contributed by atoms with van der Waals surface area (Å²) in [5.74, 6) is 0.690. The van der Waals surface area contributed by atoms with E-state index in [1.54, 1.807) is 18.2 Å². The van der Waals surface area contributed by atoms with Crippen molar-refractivity contribution < 1.29 is 9.84 Å².